The van der Waals surface area contributed by atoms with E-state index in [-0.39, 0.29) is 0 Å². The van der Waals surface area contributed by atoms with Crippen molar-refractivity contribution in [3.63, 3.8) is 0 Å². The number of urea groups is 1. The van der Waals surface area contributed by atoms with Crippen LogP contribution in [0, 0.1) is 0 Å². The molecule has 5 rings (SSSR count). The van der Waals surface area contributed by atoms with E-state index < -0.39 is 16.6 Å². The lowest BCUT2D eigenvalue weighted by Gasteiger charge is -2.18. The van der Waals surface area contributed by atoms with Gasteiger partial charge in [0.15, 0.2) is 0 Å². The zero-order valence-corrected chi connectivity index (χ0v) is 16.8. The molecule has 0 radical (unpaired) electrons. The van der Waals surface area contributed by atoms with Crippen molar-refractivity contribution in [2.75, 3.05) is 5.32 Å². The zero-order chi connectivity index (χ0) is 19.3. The van der Waals surface area contributed by atoms with Gasteiger partial charge in [-0.05, 0) is 69.4 Å². The van der Waals surface area contributed by atoms with Gasteiger partial charge in [0.2, 0.25) is 0 Å². The molecule has 148 valence electrons. The van der Waals surface area contributed by atoms with Crippen molar-refractivity contribution in [3.05, 3.63) is 34.8 Å². The highest BCUT2D eigenvalue weighted by molar-refractivity contribution is 7.75. The lowest BCUT2D eigenvalue weighted by Crippen LogP contribution is -2.14. The molecule has 7 nitrogen and oxygen atoms in total. The Bertz CT molecular complexity index is 1030. The van der Waals surface area contributed by atoms with Gasteiger partial charge in [-0.2, -0.15) is 5.10 Å². The van der Waals surface area contributed by atoms with Crippen LogP contribution in [0.2, 0.25) is 0 Å². The number of aromatic nitrogens is 3. The average Bonchev–Trinajstić information content (AvgIpc) is 3.60. The van der Waals surface area contributed by atoms with Crippen LogP contribution in [-0.2, 0) is 34.2 Å². The summed E-state index contributed by atoms with van der Waals surface area (Å²) in [6.45, 7) is 2.63. The Morgan fingerprint density at radius 1 is 1.29 bits per heavy atom. The van der Waals surface area contributed by atoms with E-state index in [0.29, 0.717) is 23.4 Å². The van der Waals surface area contributed by atoms with E-state index >= 15 is 0 Å². The Morgan fingerprint density at radius 3 is 2.75 bits per heavy atom. The number of nitrogens with zero attached hydrogens (tertiary/aromatic N) is 4. The summed E-state index contributed by atoms with van der Waals surface area (Å²) in [6, 6.07) is 1.08. The number of carbonyl (C=O) groups excluding carboxylic acids is 1. The minimum atomic E-state index is -1.80. The third-order valence-electron chi connectivity index (χ3n) is 5.76. The van der Waals surface area contributed by atoms with E-state index in [9.17, 15) is 9.00 Å². The van der Waals surface area contributed by atoms with E-state index in [1.807, 2.05) is 6.92 Å². The molecule has 0 saturated heterocycles. The van der Waals surface area contributed by atoms with Crippen LogP contribution >= 0.6 is 0 Å². The largest absolute Gasteiger partial charge is 0.438 e. The third-order valence-corrected chi connectivity index (χ3v) is 6.66. The highest BCUT2D eigenvalue weighted by atomic mass is 32.2. The van der Waals surface area contributed by atoms with E-state index in [0.717, 1.165) is 49.0 Å². The first kappa shape index (κ1) is 17.8. The molecule has 2 saturated carbocycles. The molecule has 2 amide bonds. The number of amides is 2. The van der Waals surface area contributed by atoms with Crippen LogP contribution in [0.4, 0.5) is 10.5 Å². The van der Waals surface area contributed by atoms with Gasteiger partial charge in [0, 0.05) is 40.6 Å². The monoisotopic (exact) mass is 398 g/mol. The molecule has 0 spiro atoms. The van der Waals surface area contributed by atoms with Crippen molar-refractivity contribution in [1.82, 2.24) is 14.8 Å². The molecule has 3 aliphatic carbocycles. The summed E-state index contributed by atoms with van der Waals surface area (Å²) >= 11 is 0. The highest BCUT2D eigenvalue weighted by Gasteiger charge is 2.38. The normalized spacial score (nSPS) is 19.6. The van der Waals surface area contributed by atoms with Crippen LogP contribution in [0.25, 0.3) is 0 Å². The van der Waals surface area contributed by atoms with Crippen molar-refractivity contribution >= 4 is 22.3 Å². The predicted molar refractivity (Wildman–Crippen MR) is 106 cm³/mol. The second kappa shape index (κ2) is 6.99. The first-order valence-electron chi connectivity index (χ1n) is 10.2. The number of anilines is 1. The minimum absolute atomic E-state index is 0.304. The smallest absolute Gasteiger partial charge is 0.322 e. The summed E-state index contributed by atoms with van der Waals surface area (Å²) in [4.78, 5) is 17.6. The van der Waals surface area contributed by atoms with Crippen molar-refractivity contribution in [1.29, 1.82) is 0 Å². The summed E-state index contributed by atoms with van der Waals surface area (Å²) < 4.78 is 17.9. The van der Waals surface area contributed by atoms with Crippen LogP contribution in [-0.4, -0.2) is 20.8 Å². The molecular weight excluding hydrogens is 374 g/mol. The van der Waals surface area contributed by atoms with E-state index in [1.165, 1.54) is 24.1 Å². The van der Waals surface area contributed by atoms with Gasteiger partial charge in [0.05, 0.1) is 5.69 Å². The quantitative estimate of drug-likeness (QED) is 0.761. The van der Waals surface area contributed by atoms with Crippen LogP contribution in [0.15, 0.2) is 21.7 Å². The van der Waals surface area contributed by atoms with E-state index in [1.54, 1.807) is 16.9 Å². The van der Waals surface area contributed by atoms with Gasteiger partial charge in [-0.25, -0.2) is 4.79 Å². The SMILES string of the molecule is CCn1ccc([S-](=O)=NC(=O)Nc2c3c(nc(C4CC4)c2C2CC2)CCC3)n1. The molecule has 2 aromatic heterocycles. The Morgan fingerprint density at radius 2 is 2.07 bits per heavy atom. The van der Waals surface area contributed by atoms with Gasteiger partial charge in [0.1, 0.15) is 0 Å². The zero-order valence-electron chi connectivity index (χ0n) is 16.0. The summed E-state index contributed by atoms with van der Waals surface area (Å²) in [7, 11) is -1.80. The summed E-state index contributed by atoms with van der Waals surface area (Å²) in [5.41, 5.74) is 5.63. The maximum atomic E-state index is 12.6. The van der Waals surface area contributed by atoms with Crippen molar-refractivity contribution in [2.24, 2.45) is 4.36 Å². The van der Waals surface area contributed by atoms with Gasteiger partial charge < -0.3 is 13.9 Å². The highest BCUT2D eigenvalue weighted by Crippen LogP contribution is 2.52. The molecule has 0 atom stereocenters. The minimum Gasteiger partial charge on any atom is -0.438 e. The second-order valence-electron chi connectivity index (χ2n) is 7.89. The number of hydrogen-bond donors (Lipinski definition) is 1. The fourth-order valence-corrected chi connectivity index (χ4v) is 4.72. The van der Waals surface area contributed by atoms with Crippen LogP contribution in [0.5, 0.6) is 0 Å². The van der Waals surface area contributed by atoms with Gasteiger partial charge in [-0.15, -0.1) is 10.6 Å². The van der Waals surface area contributed by atoms with Crippen LogP contribution < -0.4 is 5.32 Å². The first-order chi connectivity index (χ1) is 13.6. The molecule has 0 bridgehead atoms. The average molecular weight is 399 g/mol. The Hall–Kier alpha value is -2.22. The topological polar surface area (TPSA) is 89.2 Å². The van der Waals surface area contributed by atoms with Gasteiger partial charge >= 0.3 is 6.03 Å². The number of nitrogens with one attached hydrogen (secondary N) is 1. The molecular formula is C20H24N5O2S-. The Kier molecular flexibility index (Phi) is 4.45. The van der Waals surface area contributed by atoms with Crippen LogP contribution in [0.1, 0.15) is 73.4 Å². The molecule has 1 N–H and O–H groups in total. The molecule has 0 unspecified atom stereocenters. The molecule has 2 heterocycles. The molecule has 2 fully saturated rings. The van der Waals surface area contributed by atoms with E-state index in [4.69, 9.17) is 4.98 Å². The first-order valence-corrected chi connectivity index (χ1v) is 11.3. The number of fused-ring (bicyclic) bond motifs is 1. The van der Waals surface area contributed by atoms with E-state index in [2.05, 4.69) is 14.8 Å². The number of rotatable bonds is 5. The third kappa shape index (κ3) is 3.34. The summed E-state index contributed by atoms with van der Waals surface area (Å²) in [6.07, 6.45) is 9.40. The molecule has 3 aliphatic rings. The molecule has 2 aromatic rings. The fourth-order valence-electron chi connectivity index (χ4n) is 4.08. The maximum absolute atomic E-state index is 12.6. The predicted octanol–water partition coefficient (Wildman–Crippen LogP) is 4.28. The molecule has 8 heteroatoms. The van der Waals surface area contributed by atoms with Gasteiger partial charge in [-0.1, -0.05) is 0 Å². The molecule has 28 heavy (non-hydrogen) atoms. The number of aryl methyl sites for hydroxylation is 2. The van der Waals surface area contributed by atoms with Gasteiger partial charge in [-0.3, -0.25) is 9.67 Å². The number of carbonyl (C=O) groups is 1. The summed E-state index contributed by atoms with van der Waals surface area (Å²) in [5, 5.41) is 7.49. The van der Waals surface area contributed by atoms with Crippen molar-refractivity contribution in [2.45, 2.75) is 75.3 Å². The Labute approximate surface area is 166 Å². The summed E-state index contributed by atoms with van der Waals surface area (Å²) in [5.74, 6) is 1.04. The number of pyridine rings is 1. The molecule has 0 aromatic carbocycles. The maximum Gasteiger partial charge on any atom is 0.322 e. The fraction of sp³-hybridized carbons (Fsp3) is 0.550. The Balaban J connectivity index is 1.48. The van der Waals surface area contributed by atoms with Crippen LogP contribution in [0.3, 0.4) is 0 Å². The number of hydrogen-bond acceptors (Lipinski definition) is 5. The second-order valence-corrected chi connectivity index (χ2v) is 8.99. The van der Waals surface area contributed by atoms with Crippen molar-refractivity contribution in [3.8, 4) is 0 Å². The van der Waals surface area contributed by atoms with Gasteiger partial charge in [0.25, 0.3) is 0 Å². The molecule has 0 aliphatic heterocycles. The lowest BCUT2D eigenvalue weighted by atomic mass is 9.98. The lowest BCUT2D eigenvalue weighted by molar-refractivity contribution is 0.260. The van der Waals surface area contributed by atoms with Crippen molar-refractivity contribution < 1.29 is 9.00 Å². The standard InChI is InChI=1S/C20H24N5O2S/c1-2-25-11-10-16(23-25)28(27)24-20(26)22-19-14-4-3-5-15(14)21-18(13-8-9-13)17(19)12-6-7-12/h10-13H,2-9H2,1H3,(H,21,22,26)/q-1.